The van der Waals surface area contributed by atoms with Crippen LogP contribution in [0, 0.1) is 0 Å². The van der Waals surface area contributed by atoms with Crippen molar-refractivity contribution in [3.63, 3.8) is 0 Å². The Hall–Kier alpha value is -1.22. The van der Waals surface area contributed by atoms with E-state index < -0.39 is 5.97 Å². The highest BCUT2D eigenvalue weighted by Gasteiger charge is 2.04. The van der Waals surface area contributed by atoms with Crippen molar-refractivity contribution in [2.24, 2.45) is 0 Å². The minimum atomic E-state index is -0.913. The van der Waals surface area contributed by atoms with Crippen molar-refractivity contribution in [1.29, 1.82) is 0 Å². The maximum absolute atomic E-state index is 10.3. The van der Waals surface area contributed by atoms with Crippen molar-refractivity contribution in [1.82, 2.24) is 0 Å². The predicted molar refractivity (Wildman–Crippen MR) is 47.2 cm³/mol. The first-order valence-corrected chi connectivity index (χ1v) is 3.73. The molecule has 0 saturated carbocycles. The summed E-state index contributed by atoms with van der Waals surface area (Å²) >= 11 is 5.65. The first-order valence-electron chi connectivity index (χ1n) is 3.35. The van der Waals surface area contributed by atoms with E-state index in [4.69, 9.17) is 22.4 Å². The Morgan fingerprint density at radius 3 is 2.83 bits per heavy atom. The number of anilines is 1. The maximum Gasteiger partial charge on any atom is 0.307 e. The van der Waals surface area contributed by atoms with Gasteiger partial charge in [0, 0.05) is 10.7 Å². The van der Waals surface area contributed by atoms with Gasteiger partial charge in [-0.25, -0.2) is 0 Å². The number of carbonyl (C=O) groups is 1. The van der Waals surface area contributed by atoms with E-state index in [1.807, 2.05) is 0 Å². The van der Waals surface area contributed by atoms with E-state index in [0.717, 1.165) is 0 Å². The van der Waals surface area contributed by atoms with Crippen molar-refractivity contribution in [3.8, 4) is 0 Å². The number of benzene rings is 1. The lowest BCUT2D eigenvalue weighted by Gasteiger charge is -2.02. The van der Waals surface area contributed by atoms with Gasteiger partial charge in [0.1, 0.15) is 0 Å². The summed E-state index contributed by atoms with van der Waals surface area (Å²) in [5.74, 6) is -0.913. The average molecular weight is 186 g/mol. The Morgan fingerprint density at radius 2 is 2.25 bits per heavy atom. The second-order valence-corrected chi connectivity index (χ2v) is 2.85. The fourth-order valence-electron chi connectivity index (χ4n) is 0.890. The molecule has 3 N–H and O–H groups in total. The van der Waals surface area contributed by atoms with Crippen LogP contribution in [0.15, 0.2) is 18.2 Å². The molecule has 1 aromatic carbocycles. The monoisotopic (exact) mass is 185 g/mol. The zero-order chi connectivity index (χ0) is 9.14. The average Bonchev–Trinajstić information content (AvgIpc) is 1.96. The van der Waals surface area contributed by atoms with Crippen molar-refractivity contribution in [2.75, 3.05) is 5.73 Å². The van der Waals surface area contributed by atoms with E-state index in [1.54, 1.807) is 18.2 Å². The van der Waals surface area contributed by atoms with E-state index in [1.165, 1.54) is 0 Å². The molecule has 1 aromatic rings. The standard InChI is InChI=1S/C8H8ClNO2/c9-6-1-2-7(10)5(3-6)4-8(11)12/h1-3H,4,10H2,(H,11,12). The Morgan fingerprint density at radius 1 is 1.58 bits per heavy atom. The lowest BCUT2D eigenvalue weighted by molar-refractivity contribution is -0.136. The molecule has 0 amide bonds. The van der Waals surface area contributed by atoms with Crippen molar-refractivity contribution in [2.45, 2.75) is 6.42 Å². The third-order valence-electron chi connectivity index (χ3n) is 1.45. The fraction of sp³-hybridized carbons (Fsp3) is 0.125. The summed E-state index contributed by atoms with van der Waals surface area (Å²) in [4.78, 5) is 10.3. The molecule has 0 aliphatic heterocycles. The van der Waals surface area contributed by atoms with E-state index in [0.29, 0.717) is 16.3 Å². The summed E-state index contributed by atoms with van der Waals surface area (Å²) in [6.45, 7) is 0. The van der Waals surface area contributed by atoms with Crippen LogP contribution in [-0.4, -0.2) is 11.1 Å². The van der Waals surface area contributed by atoms with Gasteiger partial charge >= 0.3 is 5.97 Å². The van der Waals surface area contributed by atoms with Gasteiger partial charge in [-0.3, -0.25) is 4.79 Å². The highest BCUT2D eigenvalue weighted by molar-refractivity contribution is 6.30. The molecule has 3 nitrogen and oxygen atoms in total. The molecule has 0 aromatic heterocycles. The van der Waals surface area contributed by atoms with E-state index in [-0.39, 0.29) is 6.42 Å². The van der Waals surface area contributed by atoms with Crippen LogP contribution in [0.4, 0.5) is 5.69 Å². The molecule has 0 heterocycles. The Balaban J connectivity index is 2.97. The van der Waals surface area contributed by atoms with Gasteiger partial charge < -0.3 is 10.8 Å². The maximum atomic E-state index is 10.3. The lowest BCUT2D eigenvalue weighted by atomic mass is 10.1. The molecule has 0 aliphatic carbocycles. The second kappa shape index (κ2) is 3.45. The zero-order valence-electron chi connectivity index (χ0n) is 6.25. The van der Waals surface area contributed by atoms with Crippen LogP contribution in [0.3, 0.4) is 0 Å². The van der Waals surface area contributed by atoms with Gasteiger partial charge in [-0.15, -0.1) is 0 Å². The van der Waals surface area contributed by atoms with Crippen LogP contribution < -0.4 is 5.73 Å². The molecule has 64 valence electrons. The normalized spacial score (nSPS) is 9.75. The highest BCUT2D eigenvalue weighted by Crippen LogP contribution is 2.18. The van der Waals surface area contributed by atoms with Crippen LogP contribution in [0.25, 0.3) is 0 Å². The summed E-state index contributed by atoms with van der Waals surface area (Å²) in [5.41, 5.74) is 6.53. The summed E-state index contributed by atoms with van der Waals surface area (Å²) in [6.07, 6.45) is -0.0909. The predicted octanol–water partition coefficient (Wildman–Crippen LogP) is 1.55. The second-order valence-electron chi connectivity index (χ2n) is 2.41. The third kappa shape index (κ3) is 2.13. The van der Waals surface area contributed by atoms with Gasteiger partial charge in [-0.1, -0.05) is 11.6 Å². The summed E-state index contributed by atoms with van der Waals surface area (Å²) < 4.78 is 0. The summed E-state index contributed by atoms with van der Waals surface area (Å²) in [7, 11) is 0. The molecule has 0 saturated heterocycles. The van der Waals surface area contributed by atoms with Gasteiger partial charge in [0.05, 0.1) is 6.42 Å². The first kappa shape index (κ1) is 8.87. The van der Waals surface area contributed by atoms with Crippen LogP contribution in [-0.2, 0) is 11.2 Å². The molecule has 0 radical (unpaired) electrons. The number of halogens is 1. The quantitative estimate of drug-likeness (QED) is 0.688. The van der Waals surface area contributed by atoms with Gasteiger partial charge in [-0.2, -0.15) is 0 Å². The lowest BCUT2D eigenvalue weighted by Crippen LogP contribution is -2.03. The molecule has 0 fully saturated rings. The topological polar surface area (TPSA) is 63.3 Å². The summed E-state index contributed by atoms with van der Waals surface area (Å²) in [5, 5.41) is 8.98. The number of hydrogen-bond donors (Lipinski definition) is 2. The molecule has 12 heavy (non-hydrogen) atoms. The number of nitrogens with two attached hydrogens (primary N) is 1. The Kier molecular flexibility index (Phi) is 2.55. The fourth-order valence-corrected chi connectivity index (χ4v) is 1.09. The number of aliphatic carboxylic acids is 1. The van der Waals surface area contributed by atoms with Gasteiger partial charge in [0.25, 0.3) is 0 Å². The SMILES string of the molecule is Nc1ccc(Cl)cc1CC(=O)O. The first-order chi connectivity index (χ1) is 5.59. The van der Waals surface area contributed by atoms with Gasteiger partial charge in [0.2, 0.25) is 0 Å². The van der Waals surface area contributed by atoms with Crippen molar-refractivity contribution >= 4 is 23.3 Å². The van der Waals surface area contributed by atoms with Gasteiger partial charge in [0.15, 0.2) is 0 Å². The van der Waals surface area contributed by atoms with E-state index >= 15 is 0 Å². The van der Waals surface area contributed by atoms with Crippen LogP contribution in [0.5, 0.6) is 0 Å². The van der Waals surface area contributed by atoms with Crippen LogP contribution >= 0.6 is 11.6 Å². The van der Waals surface area contributed by atoms with Crippen LogP contribution in [0.2, 0.25) is 5.02 Å². The van der Waals surface area contributed by atoms with Crippen molar-refractivity contribution < 1.29 is 9.90 Å². The molecule has 4 heteroatoms. The minimum absolute atomic E-state index is 0.0909. The zero-order valence-corrected chi connectivity index (χ0v) is 7.01. The van der Waals surface area contributed by atoms with Gasteiger partial charge in [-0.05, 0) is 23.8 Å². The smallest absolute Gasteiger partial charge is 0.307 e. The number of nitrogen functional groups attached to an aromatic ring is 1. The van der Waals surface area contributed by atoms with Crippen LogP contribution in [0.1, 0.15) is 5.56 Å². The number of hydrogen-bond acceptors (Lipinski definition) is 2. The number of carboxylic acids is 1. The van der Waals surface area contributed by atoms with E-state index in [9.17, 15) is 4.79 Å². The summed E-state index contributed by atoms with van der Waals surface area (Å²) in [6, 6.07) is 4.79. The highest BCUT2D eigenvalue weighted by atomic mass is 35.5. The molecule has 0 unspecified atom stereocenters. The molecule has 0 bridgehead atoms. The number of carboxylic acid groups (broad SMARTS) is 1. The van der Waals surface area contributed by atoms with E-state index in [2.05, 4.69) is 0 Å². The molecule has 1 rings (SSSR count). The Bertz CT molecular complexity index is 312. The number of rotatable bonds is 2. The van der Waals surface area contributed by atoms with Crippen molar-refractivity contribution in [3.05, 3.63) is 28.8 Å². The molecule has 0 spiro atoms. The molecule has 0 aliphatic rings. The largest absolute Gasteiger partial charge is 0.481 e. The molecular weight excluding hydrogens is 178 g/mol. The third-order valence-corrected chi connectivity index (χ3v) is 1.68. The molecular formula is C8H8ClNO2. The Labute approximate surface area is 74.8 Å². The minimum Gasteiger partial charge on any atom is -0.481 e. The molecule has 0 atom stereocenters.